The lowest BCUT2D eigenvalue weighted by molar-refractivity contribution is -0.138. The number of hydrogen-bond donors (Lipinski definition) is 6. The van der Waals surface area contributed by atoms with Gasteiger partial charge in [0.15, 0.2) is 0 Å². The Balaban J connectivity index is -0.000000410. The number of aliphatic carboxylic acids is 3. The first-order valence-corrected chi connectivity index (χ1v) is 27.6. The molecule has 0 fully saturated rings. The third-order valence-corrected chi connectivity index (χ3v) is 11.4. The minimum absolute atomic E-state index is 0.332. The second-order valence-electron chi connectivity index (χ2n) is 18.2. The Hall–Kier alpha value is -2.49. The Labute approximate surface area is 407 Å². The number of carboxylic acid groups (broad SMARTS) is 3. The average molecular weight is 939 g/mol. The summed E-state index contributed by atoms with van der Waals surface area (Å²) in [4.78, 5) is 31.0. The molecule has 6 N–H and O–H groups in total. The molecule has 0 amide bonds. The maximum Gasteiger partial charge on any atom is 0.303 e. The fourth-order valence-electron chi connectivity index (χ4n) is 7.10. The highest BCUT2D eigenvalue weighted by molar-refractivity contribution is 5.67. The van der Waals surface area contributed by atoms with Gasteiger partial charge in [-0.15, -0.1) is 0 Å². The summed E-state index contributed by atoms with van der Waals surface area (Å²) in [6.45, 7) is 6.05. The van der Waals surface area contributed by atoms with Gasteiger partial charge in [0.2, 0.25) is 0 Å². The zero-order chi connectivity index (χ0) is 49.7. The molecule has 0 saturated carbocycles. The van der Waals surface area contributed by atoms with Crippen LogP contribution in [0.1, 0.15) is 290 Å². The van der Waals surface area contributed by atoms with Gasteiger partial charge in [0.25, 0.3) is 0 Å². The van der Waals surface area contributed by atoms with E-state index in [1.165, 1.54) is 212 Å². The minimum Gasteiger partial charge on any atom is -0.481 e. The first kappa shape index (κ1) is 70.1. The van der Waals surface area contributed by atoms with E-state index in [2.05, 4.69) is 57.2 Å². The van der Waals surface area contributed by atoms with Gasteiger partial charge in [0.05, 0.1) is 13.2 Å². The van der Waals surface area contributed by atoms with Crippen molar-refractivity contribution in [2.24, 2.45) is 0 Å². The van der Waals surface area contributed by atoms with E-state index in [4.69, 9.17) is 30.6 Å². The third-order valence-electron chi connectivity index (χ3n) is 11.4. The molecule has 9 heteroatoms. The highest BCUT2D eigenvalue weighted by atomic mass is 16.4. The molecular formula is C57H110O9. The smallest absolute Gasteiger partial charge is 0.303 e. The molecule has 392 valence electrons. The van der Waals surface area contributed by atoms with E-state index in [1.807, 2.05) is 0 Å². The van der Waals surface area contributed by atoms with Gasteiger partial charge >= 0.3 is 17.9 Å². The summed E-state index contributed by atoms with van der Waals surface area (Å²) >= 11 is 0. The van der Waals surface area contributed by atoms with Crippen LogP contribution in [0.2, 0.25) is 0 Å². The lowest BCUT2D eigenvalue weighted by Crippen LogP contribution is -2.15. The number of carboxylic acids is 3. The van der Waals surface area contributed by atoms with Gasteiger partial charge < -0.3 is 30.6 Å². The molecule has 0 radical (unpaired) electrons. The van der Waals surface area contributed by atoms with Gasteiger partial charge in [0, 0.05) is 19.3 Å². The first-order chi connectivity index (χ1) is 32.1. The summed E-state index contributed by atoms with van der Waals surface area (Å²) in [5, 5.41) is 49.5. The molecule has 0 spiro atoms. The summed E-state index contributed by atoms with van der Waals surface area (Å²) in [5.41, 5.74) is 0. The quantitative estimate of drug-likeness (QED) is 0.0256. The molecule has 0 aromatic heterocycles. The Kier molecular flexibility index (Phi) is 70.9. The van der Waals surface area contributed by atoms with E-state index in [1.54, 1.807) is 0 Å². The summed E-state index contributed by atoms with van der Waals surface area (Å²) in [6.07, 6.45) is 62.8. The van der Waals surface area contributed by atoms with Crippen LogP contribution < -0.4 is 0 Å². The van der Waals surface area contributed by atoms with Gasteiger partial charge in [-0.05, 0) is 96.3 Å². The lowest BCUT2D eigenvalue weighted by Gasteiger charge is -1.99. The van der Waals surface area contributed by atoms with E-state index >= 15 is 0 Å². The van der Waals surface area contributed by atoms with Crippen molar-refractivity contribution >= 4 is 17.9 Å². The number of unbranched alkanes of at least 4 members (excludes halogenated alkanes) is 33. The van der Waals surface area contributed by atoms with E-state index in [0.29, 0.717) is 19.3 Å². The van der Waals surface area contributed by atoms with Crippen LogP contribution in [-0.2, 0) is 14.4 Å². The van der Waals surface area contributed by atoms with E-state index in [-0.39, 0.29) is 13.2 Å². The molecule has 0 bridgehead atoms. The van der Waals surface area contributed by atoms with Crippen molar-refractivity contribution in [3.63, 3.8) is 0 Å². The molecule has 0 saturated heterocycles. The number of aliphatic hydroxyl groups is 3. The van der Waals surface area contributed by atoms with Gasteiger partial charge in [-0.2, -0.15) is 0 Å². The van der Waals surface area contributed by atoms with Gasteiger partial charge in [-0.3, -0.25) is 14.4 Å². The van der Waals surface area contributed by atoms with Gasteiger partial charge in [0.1, 0.15) is 6.10 Å². The molecule has 0 rings (SSSR count). The number of carbonyl (C=O) groups is 3. The van der Waals surface area contributed by atoms with Crippen molar-refractivity contribution < 1.29 is 45.0 Å². The number of aliphatic hydroxyl groups excluding tert-OH is 3. The molecule has 0 aromatic rings. The molecule has 0 unspecified atom stereocenters. The largest absolute Gasteiger partial charge is 0.481 e. The van der Waals surface area contributed by atoms with E-state index < -0.39 is 24.0 Å². The van der Waals surface area contributed by atoms with Crippen LogP contribution >= 0.6 is 0 Å². The zero-order valence-corrected chi connectivity index (χ0v) is 43.6. The van der Waals surface area contributed by atoms with Crippen LogP contribution in [0.15, 0.2) is 36.5 Å². The van der Waals surface area contributed by atoms with Crippen LogP contribution in [0.4, 0.5) is 0 Å². The Morgan fingerprint density at radius 3 is 0.621 bits per heavy atom. The minimum atomic E-state index is -0.954. The van der Waals surface area contributed by atoms with Crippen LogP contribution in [0.5, 0.6) is 0 Å². The van der Waals surface area contributed by atoms with Crippen molar-refractivity contribution in [2.75, 3.05) is 13.2 Å². The maximum atomic E-state index is 10.3. The van der Waals surface area contributed by atoms with E-state index in [0.717, 1.165) is 38.5 Å². The Bertz CT molecular complexity index is 903. The van der Waals surface area contributed by atoms with Crippen molar-refractivity contribution in [3.8, 4) is 0 Å². The highest BCUT2D eigenvalue weighted by Gasteiger charge is 1.99. The summed E-state index contributed by atoms with van der Waals surface area (Å²) in [5.74, 6) is -1.99. The molecule has 0 aliphatic heterocycles. The van der Waals surface area contributed by atoms with Crippen LogP contribution in [0, 0.1) is 0 Å². The SMILES string of the molecule is CCCCCCCC/C=C\CCCCCCCC(=O)O.CCCCCCCC/C=C\CCCCCCCC(=O)O.CCCCCCCC/C=C\CCCCCCCC(=O)O.OCC(O)CO. The normalized spacial score (nSPS) is 11.1. The molecular weight excluding hydrogens is 829 g/mol. The average Bonchev–Trinajstić information content (AvgIpc) is 3.30. The summed E-state index contributed by atoms with van der Waals surface area (Å²) in [6, 6.07) is 0. The van der Waals surface area contributed by atoms with Crippen molar-refractivity contribution in [1.29, 1.82) is 0 Å². The predicted octanol–water partition coefficient (Wildman–Crippen LogP) is 16.7. The van der Waals surface area contributed by atoms with Gasteiger partial charge in [-0.25, -0.2) is 0 Å². The number of hydrogen-bond acceptors (Lipinski definition) is 6. The predicted molar refractivity (Wildman–Crippen MR) is 281 cm³/mol. The fourth-order valence-corrected chi connectivity index (χ4v) is 7.10. The highest BCUT2D eigenvalue weighted by Crippen LogP contribution is 2.13. The number of allylic oxidation sites excluding steroid dienone is 6. The number of rotatable bonds is 47. The Morgan fingerprint density at radius 2 is 0.470 bits per heavy atom. The molecule has 9 nitrogen and oxygen atoms in total. The van der Waals surface area contributed by atoms with Crippen LogP contribution in [-0.4, -0.2) is 67.9 Å². The van der Waals surface area contributed by atoms with Crippen molar-refractivity contribution in [3.05, 3.63) is 36.5 Å². The maximum absolute atomic E-state index is 10.3. The Morgan fingerprint density at radius 1 is 0.303 bits per heavy atom. The molecule has 66 heavy (non-hydrogen) atoms. The first-order valence-electron chi connectivity index (χ1n) is 27.6. The van der Waals surface area contributed by atoms with Crippen LogP contribution in [0.25, 0.3) is 0 Å². The van der Waals surface area contributed by atoms with Crippen molar-refractivity contribution in [2.45, 2.75) is 297 Å². The molecule has 0 atom stereocenters. The van der Waals surface area contributed by atoms with Gasteiger partial charge in [-0.1, -0.05) is 211 Å². The third kappa shape index (κ3) is 81.7. The van der Waals surface area contributed by atoms with Crippen molar-refractivity contribution in [1.82, 2.24) is 0 Å². The molecule has 0 heterocycles. The summed E-state index contributed by atoms with van der Waals surface area (Å²) in [7, 11) is 0. The fraction of sp³-hybridized carbons (Fsp3) is 0.842. The van der Waals surface area contributed by atoms with Crippen LogP contribution in [0.3, 0.4) is 0 Å². The molecule has 0 aliphatic carbocycles. The molecule has 0 aromatic carbocycles. The lowest BCUT2D eigenvalue weighted by atomic mass is 10.1. The second kappa shape index (κ2) is 66.8. The standard InChI is InChI=1S/3C18H34O2.C3H8O3/c3*1-2-3-4-5-6-7-8-9-10-11-12-13-14-15-16-17-18(19)20;4-1-3(6)2-5/h3*9-10H,2-8,11-17H2,1H3,(H,19,20);3-6H,1-2H2/b3*10-9-;. The summed E-state index contributed by atoms with van der Waals surface area (Å²) < 4.78 is 0. The monoisotopic (exact) mass is 939 g/mol. The zero-order valence-electron chi connectivity index (χ0n) is 43.6. The second-order valence-corrected chi connectivity index (χ2v) is 18.2. The topological polar surface area (TPSA) is 173 Å². The molecule has 0 aliphatic rings. The van der Waals surface area contributed by atoms with E-state index in [9.17, 15) is 14.4 Å².